The number of benzene rings is 2. The quantitative estimate of drug-likeness (QED) is 0.731. The highest BCUT2D eigenvalue weighted by molar-refractivity contribution is 6.30. The first-order valence-corrected chi connectivity index (χ1v) is 9.41. The van der Waals surface area contributed by atoms with Crippen molar-refractivity contribution in [1.29, 1.82) is 0 Å². The minimum absolute atomic E-state index is 0.0570. The van der Waals surface area contributed by atoms with Crippen LogP contribution in [0.1, 0.15) is 37.1 Å². The van der Waals surface area contributed by atoms with Crippen molar-refractivity contribution in [3.05, 3.63) is 69.7 Å². The number of carbonyl (C=O) groups excluding carboxylic acids is 1. The molecule has 1 fully saturated rings. The molecule has 6 heteroatoms. The Kier molecular flexibility index (Phi) is 6.07. The first-order valence-electron chi connectivity index (χ1n) is 8.65. The van der Waals surface area contributed by atoms with Gasteiger partial charge < -0.3 is 10.1 Å². The van der Waals surface area contributed by atoms with Crippen LogP contribution in [0.25, 0.3) is 0 Å². The van der Waals surface area contributed by atoms with E-state index in [0.717, 1.165) is 16.1 Å². The molecule has 4 nitrogen and oxygen atoms in total. The number of hydrogen-bond acceptors (Lipinski definition) is 3. The number of cyclic esters (lactones) is 1. The Morgan fingerprint density at radius 2 is 1.58 bits per heavy atom. The molecule has 2 aromatic rings. The number of halogens is 2. The van der Waals surface area contributed by atoms with E-state index in [1.54, 1.807) is 4.90 Å². The van der Waals surface area contributed by atoms with Gasteiger partial charge >= 0.3 is 6.09 Å². The molecule has 138 valence electrons. The number of nitrogens with one attached hydrogen (secondary N) is 1. The van der Waals surface area contributed by atoms with Gasteiger partial charge in [-0.25, -0.2) is 4.79 Å². The summed E-state index contributed by atoms with van der Waals surface area (Å²) >= 11 is 11.9. The lowest BCUT2D eigenvalue weighted by Gasteiger charge is -2.22. The molecule has 1 heterocycles. The van der Waals surface area contributed by atoms with Gasteiger partial charge in [0.25, 0.3) is 0 Å². The number of ether oxygens (including phenoxy) is 1. The van der Waals surface area contributed by atoms with Crippen molar-refractivity contribution in [3.8, 4) is 0 Å². The van der Waals surface area contributed by atoms with Crippen LogP contribution in [0.5, 0.6) is 0 Å². The van der Waals surface area contributed by atoms with E-state index >= 15 is 0 Å². The lowest BCUT2D eigenvalue weighted by molar-refractivity contribution is 0.127. The Labute approximate surface area is 164 Å². The number of nitrogens with zero attached hydrogens (tertiary/aromatic N) is 1. The van der Waals surface area contributed by atoms with E-state index in [4.69, 9.17) is 27.9 Å². The normalized spacial score (nSPS) is 19.3. The summed E-state index contributed by atoms with van der Waals surface area (Å²) in [5, 5.41) is 4.83. The van der Waals surface area contributed by atoms with Crippen molar-refractivity contribution in [3.63, 3.8) is 0 Å². The highest BCUT2D eigenvalue weighted by Crippen LogP contribution is 2.27. The first kappa shape index (κ1) is 19.0. The topological polar surface area (TPSA) is 41.6 Å². The van der Waals surface area contributed by atoms with Gasteiger partial charge in [0.1, 0.15) is 6.10 Å². The summed E-state index contributed by atoms with van der Waals surface area (Å²) in [5.41, 5.74) is 2.18. The van der Waals surface area contributed by atoms with Gasteiger partial charge in [-0.2, -0.15) is 0 Å². The fourth-order valence-corrected chi connectivity index (χ4v) is 3.31. The van der Waals surface area contributed by atoms with Gasteiger partial charge in [0.15, 0.2) is 0 Å². The monoisotopic (exact) mass is 392 g/mol. The lowest BCUT2D eigenvalue weighted by Crippen LogP contribution is -2.33. The van der Waals surface area contributed by atoms with Crippen molar-refractivity contribution in [2.24, 2.45) is 0 Å². The van der Waals surface area contributed by atoms with Crippen molar-refractivity contribution in [2.45, 2.75) is 32.0 Å². The molecule has 3 rings (SSSR count). The summed E-state index contributed by atoms with van der Waals surface area (Å²) in [6.07, 6.45) is -0.453. The number of rotatable bonds is 6. The molecule has 0 unspecified atom stereocenters. The van der Waals surface area contributed by atoms with Crippen molar-refractivity contribution in [1.82, 2.24) is 10.2 Å². The third-order valence-electron chi connectivity index (χ3n) is 4.74. The highest BCUT2D eigenvalue weighted by atomic mass is 35.5. The predicted octanol–water partition coefficient (Wildman–Crippen LogP) is 5.23. The Bertz CT molecular complexity index is 749. The Hall–Kier alpha value is -1.75. The van der Waals surface area contributed by atoms with Gasteiger partial charge in [0.05, 0.1) is 12.6 Å². The molecule has 0 radical (unpaired) electrons. The molecule has 1 aliphatic rings. The van der Waals surface area contributed by atoms with Crippen LogP contribution < -0.4 is 5.32 Å². The number of carbonyl (C=O) groups is 1. The molecular weight excluding hydrogens is 371 g/mol. The molecule has 0 spiro atoms. The second-order valence-corrected chi connectivity index (χ2v) is 7.44. The van der Waals surface area contributed by atoms with Crippen LogP contribution in [0.3, 0.4) is 0 Å². The minimum atomic E-state index is -0.279. The van der Waals surface area contributed by atoms with Crippen molar-refractivity contribution < 1.29 is 9.53 Å². The number of hydrogen-bond donors (Lipinski definition) is 1. The molecule has 0 aliphatic carbocycles. The van der Waals surface area contributed by atoms with Gasteiger partial charge in [-0.3, -0.25) is 4.90 Å². The summed E-state index contributed by atoms with van der Waals surface area (Å²) < 4.78 is 5.52. The molecule has 1 amide bonds. The summed E-state index contributed by atoms with van der Waals surface area (Å²) in [5.74, 6) is 0. The fourth-order valence-electron chi connectivity index (χ4n) is 3.06. The maximum Gasteiger partial charge on any atom is 0.410 e. The Balaban J connectivity index is 1.55. The van der Waals surface area contributed by atoms with E-state index in [9.17, 15) is 4.79 Å². The largest absolute Gasteiger partial charge is 0.443 e. The first-order chi connectivity index (χ1) is 12.4. The van der Waals surface area contributed by atoms with E-state index in [2.05, 4.69) is 12.2 Å². The third kappa shape index (κ3) is 4.50. The summed E-state index contributed by atoms with van der Waals surface area (Å²) in [4.78, 5) is 14.0. The van der Waals surface area contributed by atoms with Gasteiger partial charge in [0.2, 0.25) is 0 Å². The van der Waals surface area contributed by atoms with Crippen LogP contribution >= 0.6 is 23.2 Å². The van der Waals surface area contributed by atoms with Crippen LogP contribution in [0.15, 0.2) is 48.5 Å². The third-order valence-corrected chi connectivity index (χ3v) is 5.25. The maximum absolute atomic E-state index is 12.3. The smallest absolute Gasteiger partial charge is 0.410 e. The highest BCUT2D eigenvalue weighted by Gasteiger charge is 2.34. The Morgan fingerprint density at radius 1 is 1.04 bits per heavy atom. The van der Waals surface area contributed by atoms with E-state index in [1.165, 1.54) is 0 Å². The lowest BCUT2D eigenvalue weighted by atomic mass is 10.1. The molecule has 0 aromatic heterocycles. The second-order valence-electron chi connectivity index (χ2n) is 6.57. The molecule has 0 bridgehead atoms. The molecule has 1 saturated heterocycles. The van der Waals surface area contributed by atoms with Crippen LogP contribution in [-0.4, -0.2) is 30.2 Å². The molecule has 1 aliphatic heterocycles. The van der Waals surface area contributed by atoms with Crippen molar-refractivity contribution in [2.75, 3.05) is 13.1 Å². The minimum Gasteiger partial charge on any atom is -0.443 e. The summed E-state index contributed by atoms with van der Waals surface area (Å²) in [7, 11) is 0. The standard InChI is InChI=1S/C20H22Cl2N2O2/c1-13(15-3-7-17(21)8-4-15)23-11-19-12-24(20(25)26-19)14(2)16-5-9-18(22)10-6-16/h3-10,13-14,19,23H,11-12H2,1-2H3/t13-,14-,19-/m0/s1. The van der Waals surface area contributed by atoms with E-state index in [-0.39, 0.29) is 24.3 Å². The molecule has 2 aromatic carbocycles. The maximum atomic E-state index is 12.3. The molecule has 1 N–H and O–H groups in total. The van der Waals surface area contributed by atoms with Crippen LogP contribution in [-0.2, 0) is 4.74 Å². The molecule has 26 heavy (non-hydrogen) atoms. The molecule has 0 saturated carbocycles. The average Bonchev–Trinajstić information content (AvgIpc) is 3.01. The van der Waals surface area contributed by atoms with E-state index < -0.39 is 0 Å². The van der Waals surface area contributed by atoms with E-state index in [0.29, 0.717) is 18.1 Å². The zero-order chi connectivity index (χ0) is 18.7. The second kappa shape index (κ2) is 8.30. The van der Waals surface area contributed by atoms with Gasteiger partial charge in [0, 0.05) is 22.6 Å². The van der Waals surface area contributed by atoms with Crippen LogP contribution in [0.4, 0.5) is 4.79 Å². The SMILES string of the molecule is C[C@H](NC[C@H]1CN([C@@H](C)c2ccc(Cl)cc2)C(=O)O1)c1ccc(Cl)cc1. The van der Waals surface area contributed by atoms with Crippen LogP contribution in [0, 0.1) is 0 Å². The van der Waals surface area contributed by atoms with Crippen molar-refractivity contribution >= 4 is 29.3 Å². The summed E-state index contributed by atoms with van der Waals surface area (Å²) in [6.45, 7) is 5.23. The van der Waals surface area contributed by atoms with Gasteiger partial charge in [-0.1, -0.05) is 47.5 Å². The average molecular weight is 393 g/mol. The zero-order valence-corrected chi connectivity index (χ0v) is 16.3. The number of amides is 1. The van der Waals surface area contributed by atoms with Gasteiger partial charge in [-0.15, -0.1) is 0 Å². The molecular formula is C20H22Cl2N2O2. The fraction of sp³-hybridized carbons (Fsp3) is 0.350. The predicted molar refractivity (Wildman–Crippen MR) is 105 cm³/mol. The Morgan fingerprint density at radius 3 is 2.15 bits per heavy atom. The van der Waals surface area contributed by atoms with Gasteiger partial charge in [-0.05, 0) is 49.2 Å². The summed E-state index contributed by atoms with van der Waals surface area (Å²) in [6, 6.07) is 15.4. The zero-order valence-electron chi connectivity index (χ0n) is 14.8. The van der Waals surface area contributed by atoms with Crippen LogP contribution in [0.2, 0.25) is 10.0 Å². The molecule has 3 atom stereocenters. The van der Waals surface area contributed by atoms with E-state index in [1.807, 2.05) is 55.5 Å².